The van der Waals surface area contributed by atoms with Crippen LogP contribution in [0.2, 0.25) is 0 Å². The number of nitrogens with zero attached hydrogens (tertiary/aromatic N) is 2. The van der Waals surface area contributed by atoms with Crippen LogP contribution in [0.5, 0.6) is 0 Å². The van der Waals surface area contributed by atoms with Crippen LogP contribution in [-0.4, -0.2) is 49.7 Å². The summed E-state index contributed by atoms with van der Waals surface area (Å²) in [6.45, 7) is 9.01. The lowest BCUT2D eigenvalue weighted by Gasteiger charge is -2.32. The highest BCUT2D eigenvalue weighted by atomic mass is 32.2. The Kier molecular flexibility index (Phi) is 7.36. The summed E-state index contributed by atoms with van der Waals surface area (Å²) in [5, 5.41) is 1.24. The molecule has 1 aliphatic rings. The Morgan fingerprint density at radius 3 is 2.23 bits per heavy atom. The first-order chi connectivity index (χ1) is 12.5. The molecule has 26 heavy (non-hydrogen) atoms. The van der Waals surface area contributed by atoms with Crippen molar-refractivity contribution >= 4 is 22.0 Å². The van der Waals surface area contributed by atoms with Crippen molar-refractivity contribution in [2.24, 2.45) is 5.92 Å². The van der Waals surface area contributed by atoms with Gasteiger partial charge in [0.2, 0.25) is 15.9 Å². The van der Waals surface area contributed by atoms with Crippen LogP contribution in [0, 0.1) is 5.92 Å². The first-order valence-corrected chi connectivity index (χ1v) is 10.2. The van der Waals surface area contributed by atoms with E-state index in [1.165, 1.54) is 9.71 Å². The average Bonchev–Trinajstić information content (AvgIpc) is 2.67. The summed E-state index contributed by atoms with van der Waals surface area (Å²) < 4.78 is 26.4. The molecule has 1 fully saturated rings. The highest BCUT2D eigenvalue weighted by Gasteiger charge is 2.31. The molecule has 0 atom stereocenters. The van der Waals surface area contributed by atoms with E-state index >= 15 is 0 Å². The second kappa shape index (κ2) is 9.50. The van der Waals surface area contributed by atoms with Crippen molar-refractivity contribution in [3.8, 4) is 0 Å². The largest absolute Gasteiger partial charge is 0.335 e. The van der Waals surface area contributed by atoms with Crippen molar-refractivity contribution in [3.63, 3.8) is 0 Å². The van der Waals surface area contributed by atoms with E-state index < -0.39 is 10.0 Å². The van der Waals surface area contributed by atoms with Gasteiger partial charge in [-0.15, -0.1) is 13.2 Å². The van der Waals surface area contributed by atoms with Gasteiger partial charge in [-0.05, 0) is 24.5 Å². The number of carbonyl (C=O) groups is 1. The van der Waals surface area contributed by atoms with Gasteiger partial charge in [-0.25, -0.2) is 8.42 Å². The van der Waals surface area contributed by atoms with E-state index in [1.54, 1.807) is 23.1 Å². The van der Waals surface area contributed by atoms with Crippen LogP contribution in [0.25, 0.3) is 6.08 Å². The summed E-state index contributed by atoms with van der Waals surface area (Å²) in [5.74, 6) is -0.110. The van der Waals surface area contributed by atoms with Gasteiger partial charge >= 0.3 is 0 Å². The fourth-order valence-electron chi connectivity index (χ4n) is 3.00. The van der Waals surface area contributed by atoms with Gasteiger partial charge in [0.05, 0.1) is 0 Å². The number of carbonyl (C=O) groups excluding carboxylic acids is 1. The van der Waals surface area contributed by atoms with Crippen LogP contribution in [0.3, 0.4) is 0 Å². The number of rotatable bonds is 8. The number of hydrogen-bond acceptors (Lipinski definition) is 3. The lowest BCUT2D eigenvalue weighted by molar-refractivity contribution is -0.135. The van der Waals surface area contributed by atoms with Crippen LogP contribution in [0.15, 0.2) is 61.0 Å². The van der Waals surface area contributed by atoms with Gasteiger partial charge in [0, 0.05) is 37.5 Å². The second-order valence-corrected chi connectivity index (χ2v) is 8.07. The van der Waals surface area contributed by atoms with Crippen LogP contribution < -0.4 is 0 Å². The predicted octanol–water partition coefficient (Wildman–Crippen LogP) is 2.90. The van der Waals surface area contributed by atoms with E-state index in [4.69, 9.17) is 0 Å². The summed E-state index contributed by atoms with van der Waals surface area (Å²) in [6.07, 6.45) is 6.04. The molecular formula is C20H26N2O3S. The highest BCUT2D eigenvalue weighted by molar-refractivity contribution is 7.92. The molecule has 1 aromatic carbocycles. The van der Waals surface area contributed by atoms with Gasteiger partial charge in [0.25, 0.3) is 0 Å². The quantitative estimate of drug-likeness (QED) is 0.658. The zero-order chi connectivity index (χ0) is 19.0. The maximum absolute atomic E-state index is 12.6. The summed E-state index contributed by atoms with van der Waals surface area (Å²) in [6, 6.07) is 9.31. The van der Waals surface area contributed by atoms with E-state index in [-0.39, 0.29) is 11.8 Å². The molecule has 1 saturated heterocycles. The molecule has 1 aromatic rings. The Balaban J connectivity index is 1.96. The van der Waals surface area contributed by atoms with Crippen molar-refractivity contribution in [1.29, 1.82) is 0 Å². The molecule has 6 heteroatoms. The van der Waals surface area contributed by atoms with Crippen molar-refractivity contribution < 1.29 is 13.2 Å². The number of hydrogen-bond donors (Lipinski definition) is 0. The number of piperidine rings is 1. The molecule has 0 radical (unpaired) electrons. The van der Waals surface area contributed by atoms with Crippen LogP contribution in [0.1, 0.15) is 18.4 Å². The van der Waals surface area contributed by atoms with E-state index in [0.29, 0.717) is 39.0 Å². The Hall–Kier alpha value is -2.18. The van der Waals surface area contributed by atoms with Gasteiger partial charge < -0.3 is 4.90 Å². The number of sulfonamides is 1. The van der Waals surface area contributed by atoms with Gasteiger partial charge in [-0.2, -0.15) is 4.31 Å². The first-order valence-electron chi connectivity index (χ1n) is 8.72. The summed E-state index contributed by atoms with van der Waals surface area (Å²) in [7, 11) is -3.48. The predicted molar refractivity (Wildman–Crippen MR) is 106 cm³/mol. The van der Waals surface area contributed by atoms with E-state index in [1.807, 2.05) is 30.3 Å². The van der Waals surface area contributed by atoms with E-state index in [9.17, 15) is 13.2 Å². The van der Waals surface area contributed by atoms with Crippen LogP contribution in [-0.2, 0) is 14.8 Å². The maximum atomic E-state index is 12.6. The minimum Gasteiger partial charge on any atom is -0.335 e. The lowest BCUT2D eigenvalue weighted by atomic mass is 9.96. The average molecular weight is 375 g/mol. The Morgan fingerprint density at radius 1 is 1.12 bits per heavy atom. The molecule has 0 unspecified atom stereocenters. The van der Waals surface area contributed by atoms with Crippen LogP contribution in [0.4, 0.5) is 0 Å². The number of benzene rings is 1. The Morgan fingerprint density at radius 2 is 1.69 bits per heavy atom. The molecule has 0 N–H and O–H groups in total. The van der Waals surface area contributed by atoms with Crippen molar-refractivity contribution in [2.75, 3.05) is 26.2 Å². The Labute approximate surface area is 156 Å². The third-order valence-corrected chi connectivity index (χ3v) is 5.97. The normalized spacial score (nSPS) is 16.5. The minimum atomic E-state index is -3.48. The molecule has 2 rings (SSSR count). The molecule has 0 bridgehead atoms. The van der Waals surface area contributed by atoms with E-state index in [0.717, 1.165) is 5.56 Å². The molecule has 0 aromatic heterocycles. The fraction of sp³-hybridized carbons (Fsp3) is 0.350. The van der Waals surface area contributed by atoms with Gasteiger partial charge in [0.15, 0.2) is 0 Å². The summed E-state index contributed by atoms with van der Waals surface area (Å²) in [5.41, 5.74) is 0.839. The van der Waals surface area contributed by atoms with Gasteiger partial charge in [-0.3, -0.25) is 4.79 Å². The molecule has 5 nitrogen and oxygen atoms in total. The fourth-order valence-corrected chi connectivity index (χ4v) is 4.22. The molecule has 0 spiro atoms. The molecular weight excluding hydrogens is 348 g/mol. The third-order valence-electron chi connectivity index (χ3n) is 4.41. The smallest absolute Gasteiger partial charge is 0.236 e. The molecule has 1 amide bonds. The summed E-state index contributed by atoms with van der Waals surface area (Å²) in [4.78, 5) is 14.3. The zero-order valence-electron chi connectivity index (χ0n) is 15.0. The SMILES string of the molecule is C=CCN(CC=C)C(=O)C1CCN(S(=O)(=O)C=Cc2ccccc2)CC1. The first kappa shape index (κ1) is 20.1. The highest BCUT2D eigenvalue weighted by Crippen LogP contribution is 2.22. The monoisotopic (exact) mass is 374 g/mol. The van der Waals surface area contributed by atoms with Crippen LogP contribution >= 0.6 is 0 Å². The Bertz CT molecular complexity index is 739. The maximum Gasteiger partial charge on any atom is 0.236 e. The van der Waals surface area contributed by atoms with Gasteiger partial charge in [-0.1, -0.05) is 42.5 Å². The molecule has 0 saturated carbocycles. The third kappa shape index (κ3) is 5.41. The van der Waals surface area contributed by atoms with Crippen molar-refractivity contribution in [2.45, 2.75) is 12.8 Å². The molecule has 140 valence electrons. The standard InChI is InChI=1S/C20H26N2O3S/c1-3-13-21(14-4-2)20(23)19-10-15-22(16-11-19)26(24,25)17-12-18-8-6-5-7-9-18/h3-9,12,17,19H,1-2,10-11,13-16H2. The second-order valence-electron chi connectivity index (χ2n) is 6.25. The zero-order valence-corrected chi connectivity index (χ0v) is 15.8. The summed E-state index contributed by atoms with van der Waals surface area (Å²) >= 11 is 0. The van der Waals surface area contributed by atoms with Crippen molar-refractivity contribution in [1.82, 2.24) is 9.21 Å². The minimum absolute atomic E-state index is 0.0432. The molecule has 1 heterocycles. The number of amides is 1. The topological polar surface area (TPSA) is 57.7 Å². The van der Waals surface area contributed by atoms with Gasteiger partial charge in [0.1, 0.15) is 0 Å². The van der Waals surface area contributed by atoms with E-state index in [2.05, 4.69) is 13.2 Å². The van der Waals surface area contributed by atoms with Crippen molar-refractivity contribution in [3.05, 3.63) is 66.6 Å². The lowest BCUT2D eigenvalue weighted by Crippen LogP contribution is -2.44. The molecule has 0 aliphatic carbocycles. The molecule has 1 aliphatic heterocycles.